The van der Waals surface area contributed by atoms with Gasteiger partial charge in [-0.2, -0.15) is 0 Å². The number of carbonyl (C=O) groups excluding carboxylic acids is 1. The van der Waals surface area contributed by atoms with Gasteiger partial charge in [0, 0.05) is 31.1 Å². The molecule has 1 unspecified atom stereocenters. The van der Waals surface area contributed by atoms with Crippen LogP contribution in [0.5, 0.6) is 0 Å². The van der Waals surface area contributed by atoms with E-state index in [2.05, 4.69) is 44.4 Å². The third-order valence-corrected chi connectivity index (χ3v) is 4.94. The SMILES string of the molecule is CCN1CCN(c2nc(C(C)(C)C)c(C=O)s2)CC1C. The molecule has 0 spiro atoms. The highest BCUT2D eigenvalue weighted by atomic mass is 32.1. The normalized spacial score (nSPS) is 21.2. The third-order valence-electron chi connectivity index (χ3n) is 3.90. The highest BCUT2D eigenvalue weighted by Crippen LogP contribution is 2.33. The maximum atomic E-state index is 11.3. The van der Waals surface area contributed by atoms with Crippen LogP contribution in [0.2, 0.25) is 0 Å². The number of likely N-dealkylation sites (N-methyl/N-ethyl adjacent to an activating group) is 1. The van der Waals surface area contributed by atoms with Crippen molar-refractivity contribution in [3.63, 3.8) is 0 Å². The average Bonchev–Trinajstić information content (AvgIpc) is 2.82. The van der Waals surface area contributed by atoms with Gasteiger partial charge in [0.1, 0.15) is 0 Å². The van der Waals surface area contributed by atoms with Crippen LogP contribution in [0.1, 0.15) is 50.0 Å². The Labute approximate surface area is 125 Å². The van der Waals surface area contributed by atoms with Crippen molar-refractivity contribution in [2.45, 2.75) is 46.1 Å². The molecule has 2 rings (SSSR count). The number of piperazine rings is 1. The third kappa shape index (κ3) is 3.04. The molecule has 1 aromatic rings. The second-order valence-electron chi connectivity index (χ2n) is 6.50. The number of aromatic nitrogens is 1. The quantitative estimate of drug-likeness (QED) is 0.804. The number of thiazole rings is 1. The van der Waals surface area contributed by atoms with Gasteiger partial charge in [0.25, 0.3) is 0 Å². The van der Waals surface area contributed by atoms with E-state index in [4.69, 9.17) is 4.98 Å². The van der Waals surface area contributed by atoms with Gasteiger partial charge >= 0.3 is 0 Å². The fourth-order valence-corrected chi connectivity index (χ4v) is 3.84. The standard InChI is InChI=1S/C15H25N3OS/c1-6-17-7-8-18(9-11(17)2)14-16-13(15(3,4)5)12(10-19)20-14/h10-11H,6-9H2,1-5H3. The zero-order chi connectivity index (χ0) is 14.9. The molecule has 1 aromatic heterocycles. The van der Waals surface area contributed by atoms with Gasteiger partial charge in [0.2, 0.25) is 0 Å². The fraction of sp³-hybridized carbons (Fsp3) is 0.733. The zero-order valence-electron chi connectivity index (χ0n) is 13.1. The highest BCUT2D eigenvalue weighted by molar-refractivity contribution is 7.17. The molecule has 0 aromatic carbocycles. The molecular formula is C15H25N3OS. The van der Waals surface area contributed by atoms with Crippen molar-refractivity contribution in [2.75, 3.05) is 31.1 Å². The van der Waals surface area contributed by atoms with E-state index in [-0.39, 0.29) is 5.41 Å². The molecule has 2 heterocycles. The lowest BCUT2D eigenvalue weighted by atomic mass is 9.91. The maximum absolute atomic E-state index is 11.3. The Kier molecular flexibility index (Phi) is 4.49. The molecule has 0 radical (unpaired) electrons. The lowest BCUT2D eigenvalue weighted by molar-refractivity contribution is 0.112. The van der Waals surface area contributed by atoms with Gasteiger partial charge in [-0.05, 0) is 13.5 Å². The van der Waals surface area contributed by atoms with Crippen LogP contribution in [-0.4, -0.2) is 48.4 Å². The van der Waals surface area contributed by atoms with Gasteiger partial charge in [-0.3, -0.25) is 9.69 Å². The summed E-state index contributed by atoms with van der Waals surface area (Å²) in [6, 6.07) is 0.537. The largest absolute Gasteiger partial charge is 0.345 e. The summed E-state index contributed by atoms with van der Waals surface area (Å²) in [7, 11) is 0. The van der Waals surface area contributed by atoms with Crippen molar-refractivity contribution in [2.24, 2.45) is 0 Å². The van der Waals surface area contributed by atoms with Gasteiger partial charge in [0.05, 0.1) is 10.6 Å². The Hall–Kier alpha value is -0.940. The number of hydrogen-bond acceptors (Lipinski definition) is 5. The molecule has 0 N–H and O–H groups in total. The molecule has 0 saturated carbocycles. The number of aldehydes is 1. The maximum Gasteiger partial charge on any atom is 0.186 e. The van der Waals surface area contributed by atoms with Crippen molar-refractivity contribution in [3.05, 3.63) is 10.6 Å². The van der Waals surface area contributed by atoms with E-state index in [0.29, 0.717) is 6.04 Å². The predicted molar refractivity (Wildman–Crippen MR) is 85.1 cm³/mol. The van der Waals surface area contributed by atoms with E-state index >= 15 is 0 Å². The predicted octanol–water partition coefficient (Wildman–Crippen LogP) is 2.78. The lowest BCUT2D eigenvalue weighted by Gasteiger charge is -2.39. The van der Waals surface area contributed by atoms with Crippen LogP contribution >= 0.6 is 11.3 Å². The molecule has 1 aliphatic heterocycles. The summed E-state index contributed by atoms with van der Waals surface area (Å²) in [5, 5.41) is 1.000. The first-order valence-electron chi connectivity index (χ1n) is 7.32. The summed E-state index contributed by atoms with van der Waals surface area (Å²) >= 11 is 1.53. The minimum Gasteiger partial charge on any atom is -0.345 e. The van der Waals surface area contributed by atoms with Gasteiger partial charge in [-0.15, -0.1) is 0 Å². The van der Waals surface area contributed by atoms with Crippen LogP contribution in [-0.2, 0) is 5.41 Å². The van der Waals surface area contributed by atoms with Crippen molar-refractivity contribution >= 4 is 22.8 Å². The number of rotatable bonds is 3. The molecule has 112 valence electrons. The van der Waals surface area contributed by atoms with Crippen LogP contribution in [0.25, 0.3) is 0 Å². The minimum atomic E-state index is -0.0815. The van der Waals surface area contributed by atoms with E-state index in [1.54, 1.807) is 0 Å². The first-order chi connectivity index (χ1) is 9.36. The monoisotopic (exact) mass is 295 g/mol. The van der Waals surface area contributed by atoms with Crippen molar-refractivity contribution < 1.29 is 4.79 Å². The molecule has 1 saturated heterocycles. The van der Waals surface area contributed by atoms with Crippen LogP contribution in [0.3, 0.4) is 0 Å². The molecule has 4 nitrogen and oxygen atoms in total. The minimum absolute atomic E-state index is 0.0815. The van der Waals surface area contributed by atoms with Crippen molar-refractivity contribution in [1.29, 1.82) is 0 Å². The van der Waals surface area contributed by atoms with E-state index in [0.717, 1.165) is 48.2 Å². The Morgan fingerprint density at radius 2 is 2.10 bits per heavy atom. The molecule has 5 heteroatoms. The van der Waals surface area contributed by atoms with Gasteiger partial charge in [-0.25, -0.2) is 4.98 Å². The molecule has 0 aliphatic carbocycles. The number of nitrogens with zero attached hydrogens (tertiary/aromatic N) is 3. The molecule has 1 aliphatic rings. The Morgan fingerprint density at radius 3 is 2.55 bits per heavy atom. The first-order valence-corrected chi connectivity index (χ1v) is 8.14. The highest BCUT2D eigenvalue weighted by Gasteiger charge is 2.28. The fourth-order valence-electron chi connectivity index (χ4n) is 2.71. The average molecular weight is 295 g/mol. The van der Waals surface area contributed by atoms with Crippen molar-refractivity contribution in [1.82, 2.24) is 9.88 Å². The molecule has 0 amide bonds. The molecule has 1 fully saturated rings. The molecular weight excluding hydrogens is 270 g/mol. The topological polar surface area (TPSA) is 36.4 Å². The van der Waals surface area contributed by atoms with E-state index < -0.39 is 0 Å². The van der Waals surface area contributed by atoms with E-state index in [1.165, 1.54) is 11.3 Å². The number of hydrogen-bond donors (Lipinski definition) is 0. The smallest absolute Gasteiger partial charge is 0.186 e. The Bertz CT molecular complexity index is 478. The van der Waals surface area contributed by atoms with Gasteiger partial charge < -0.3 is 4.90 Å². The summed E-state index contributed by atoms with van der Waals surface area (Å²) in [6.07, 6.45) is 0.952. The van der Waals surface area contributed by atoms with Crippen LogP contribution in [0.4, 0.5) is 5.13 Å². The van der Waals surface area contributed by atoms with Crippen LogP contribution < -0.4 is 4.90 Å². The second kappa shape index (κ2) is 5.82. The summed E-state index contributed by atoms with van der Waals surface area (Å²) in [4.78, 5) is 21.6. The molecule has 0 bridgehead atoms. The Morgan fingerprint density at radius 1 is 1.40 bits per heavy atom. The summed E-state index contributed by atoms with van der Waals surface area (Å²) in [6.45, 7) is 14.9. The number of carbonyl (C=O) groups is 1. The molecule has 1 atom stereocenters. The molecule has 20 heavy (non-hydrogen) atoms. The van der Waals surface area contributed by atoms with Gasteiger partial charge in [-0.1, -0.05) is 39.0 Å². The van der Waals surface area contributed by atoms with Crippen LogP contribution in [0.15, 0.2) is 0 Å². The van der Waals surface area contributed by atoms with E-state index in [1.807, 2.05) is 0 Å². The summed E-state index contributed by atoms with van der Waals surface area (Å²) in [5.74, 6) is 0. The Balaban J connectivity index is 2.22. The van der Waals surface area contributed by atoms with E-state index in [9.17, 15) is 4.79 Å². The second-order valence-corrected chi connectivity index (χ2v) is 7.51. The lowest BCUT2D eigenvalue weighted by Crippen LogP contribution is -2.51. The summed E-state index contributed by atoms with van der Waals surface area (Å²) < 4.78 is 0. The number of anilines is 1. The van der Waals surface area contributed by atoms with Crippen LogP contribution in [0, 0.1) is 0 Å². The van der Waals surface area contributed by atoms with Crippen molar-refractivity contribution in [3.8, 4) is 0 Å². The van der Waals surface area contributed by atoms with Gasteiger partial charge in [0.15, 0.2) is 11.4 Å². The first kappa shape index (κ1) is 15.4. The zero-order valence-corrected chi connectivity index (χ0v) is 14.0. The summed E-state index contributed by atoms with van der Waals surface area (Å²) in [5.41, 5.74) is 0.847.